The van der Waals surface area contributed by atoms with Gasteiger partial charge in [0.05, 0.1) is 5.69 Å². The van der Waals surface area contributed by atoms with Gasteiger partial charge in [0.25, 0.3) is 0 Å². The number of unbranched alkanes of at least 4 members (excludes halogenated alkanes) is 2. The molecular weight excluding hydrogens is 784 g/mol. The Hall–Kier alpha value is -4.47. The summed E-state index contributed by atoms with van der Waals surface area (Å²) in [6, 6.07) is 36.5. The first-order valence-corrected chi connectivity index (χ1v) is 17.2. The Labute approximate surface area is 304 Å². The van der Waals surface area contributed by atoms with E-state index in [0.29, 0.717) is 11.5 Å². The Morgan fingerprint density at radius 3 is 2.22 bits per heavy atom. The standard InChI is InChI=1S/C43H42N4O.Pt/c1-6-8-19-37-43(42-30(4)14-12-15-31(42)5)39(20-9-7-2)47(45-37)32-16-13-17-33(27-32)48-34-22-23-36-35-18-10-11-21-38(35)46(40(36)28-34)41-26-29(3)24-25-44-41;/h10-18,21-26H,6-9,19-20H2,1-5H3;/q-2;+2. The van der Waals surface area contributed by atoms with Gasteiger partial charge in [0.15, 0.2) is 0 Å². The van der Waals surface area contributed by atoms with Crippen LogP contribution >= 0.6 is 0 Å². The molecule has 250 valence electrons. The van der Waals surface area contributed by atoms with Crippen molar-refractivity contribution in [2.45, 2.75) is 73.1 Å². The van der Waals surface area contributed by atoms with E-state index in [1.165, 1.54) is 27.9 Å². The maximum absolute atomic E-state index is 6.52. The van der Waals surface area contributed by atoms with E-state index in [1.54, 1.807) is 0 Å². The molecule has 3 heterocycles. The minimum Gasteiger partial charge on any atom is -0.509 e. The minimum absolute atomic E-state index is 0. The quantitative estimate of drug-likeness (QED) is 0.122. The summed E-state index contributed by atoms with van der Waals surface area (Å²) in [5, 5.41) is 7.57. The van der Waals surface area contributed by atoms with Crippen LogP contribution in [0.15, 0.2) is 91.1 Å². The molecule has 0 N–H and O–H groups in total. The molecular formula is C43H42N4OPt. The van der Waals surface area contributed by atoms with Crippen LogP contribution in [0, 0.1) is 32.9 Å². The van der Waals surface area contributed by atoms with Gasteiger partial charge in [0.1, 0.15) is 5.82 Å². The van der Waals surface area contributed by atoms with Crippen molar-refractivity contribution in [2.24, 2.45) is 0 Å². The normalized spacial score (nSPS) is 11.3. The van der Waals surface area contributed by atoms with E-state index < -0.39 is 0 Å². The molecule has 5 nitrogen and oxygen atoms in total. The van der Waals surface area contributed by atoms with Crippen molar-refractivity contribution < 1.29 is 25.8 Å². The second kappa shape index (κ2) is 15.0. The average Bonchev–Trinajstić information content (AvgIpc) is 3.61. The number of ether oxygens (including phenoxy) is 1. The number of rotatable bonds is 11. The predicted molar refractivity (Wildman–Crippen MR) is 197 cm³/mol. The molecule has 0 aliphatic rings. The zero-order valence-corrected chi connectivity index (χ0v) is 31.2. The number of benzene rings is 4. The number of hydrogen-bond acceptors (Lipinski definition) is 3. The van der Waals surface area contributed by atoms with Gasteiger partial charge < -0.3 is 9.30 Å². The van der Waals surface area contributed by atoms with Gasteiger partial charge >= 0.3 is 21.1 Å². The fourth-order valence-corrected chi connectivity index (χ4v) is 6.85. The number of para-hydroxylation sites is 1. The van der Waals surface area contributed by atoms with E-state index in [1.807, 2.05) is 30.5 Å². The summed E-state index contributed by atoms with van der Waals surface area (Å²) < 4.78 is 10.8. The van der Waals surface area contributed by atoms with Crippen molar-refractivity contribution in [3.8, 4) is 34.1 Å². The van der Waals surface area contributed by atoms with Gasteiger partial charge in [-0.1, -0.05) is 68.6 Å². The first-order valence-electron chi connectivity index (χ1n) is 17.2. The van der Waals surface area contributed by atoms with Gasteiger partial charge in [-0.25, -0.2) is 4.98 Å². The molecule has 0 saturated heterocycles. The molecule has 0 unspecified atom stereocenters. The number of aromatic nitrogens is 4. The SMILES string of the molecule is CCCCc1nn(-c2[c-]c(Oc3[c-]c4c(cc3)c3ccccc3n4-c3cc(C)ccn3)ccc2)c(CCCC)c1-c1c(C)cccc1C.[Pt+2]. The Balaban J connectivity index is 0.00000417. The fraction of sp³-hybridized carbons (Fsp3) is 0.256. The van der Waals surface area contributed by atoms with Crippen molar-refractivity contribution in [2.75, 3.05) is 0 Å². The van der Waals surface area contributed by atoms with Gasteiger partial charge in [-0.2, -0.15) is 17.2 Å². The first-order chi connectivity index (χ1) is 23.5. The second-order valence-electron chi connectivity index (χ2n) is 12.8. The Morgan fingerprint density at radius 2 is 1.45 bits per heavy atom. The molecule has 49 heavy (non-hydrogen) atoms. The van der Waals surface area contributed by atoms with Crippen LogP contribution in [0.25, 0.3) is 44.4 Å². The van der Waals surface area contributed by atoms with E-state index >= 15 is 0 Å². The van der Waals surface area contributed by atoms with Gasteiger partial charge in [-0.15, -0.1) is 35.7 Å². The summed E-state index contributed by atoms with van der Waals surface area (Å²) in [6.07, 6.45) is 8.17. The summed E-state index contributed by atoms with van der Waals surface area (Å²) in [4.78, 5) is 4.72. The maximum atomic E-state index is 6.52. The molecule has 7 rings (SSSR count). The molecule has 0 spiro atoms. The van der Waals surface area contributed by atoms with Gasteiger partial charge in [-0.3, -0.25) is 4.68 Å². The number of pyridine rings is 1. The molecule has 0 fully saturated rings. The van der Waals surface area contributed by atoms with E-state index in [2.05, 4.69) is 117 Å². The van der Waals surface area contributed by atoms with Crippen molar-refractivity contribution in [1.29, 1.82) is 0 Å². The number of aryl methyl sites for hydroxylation is 4. The van der Waals surface area contributed by atoms with Gasteiger partial charge in [0, 0.05) is 34.5 Å². The molecule has 6 heteroatoms. The maximum Gasteiger partial charge on any atom is 2.00 e. The van der Waals surface area contributed by atoms with Crippen LogP contribution in [-0.2, 0) is 33.9 Å². The van der Waals surface area contributed by atoms with Gasteiger partial charge in [0.2, 0.25) is 0 Å². The minimum atomic E-state index is 0. The topological polar surface area (TPSA) is 44.9 Å². The summed E-state index contributed by atoms with van der Waals surface area (Å²) in [5.41, 5.74) is 11.6. The third kappa shape index (κ3) is 6.74. The first kappa shape index (κ1) is 34.4. The summed E-state index contributed by atoms with van der Waals surface area (Å²) in [7, 11) is 0. The van der Waals surface area contributed by atoms with Gasteiger partial charge in [-0.05, 0) is 98.0 Å². The number of fused-ring (bicyclic) bond motifs is 3. The van der Waals surface area contributed by atoms with Crippen LogP contribution in [0.4, 0.5) is 0 Å². The molecule has 0 aliphatic carbocycles. The van der Waals surface area contributed by atoms with Crippen LogP contribution in [0.2, 0.25) is 0 Å². The molecule has 7 aromatic rings. The molecule has 0 amide bonds. The Bertz CT molecular complexity index is 2220. The monoisotopic (exact) mass is 825 g/mol. The van der Waals surface area contributed by atoms with Crippen LogP contribution < -0.4 is 4.74 Å². The zero-order chi connectivity index (χ0) is 33.2. The second-order valence-corrected chi connectivity index (χ2v) is 12.8. The Kier molecular flexibility index (Phi) is 10.5. The molecule has 0 bridgehead atoms. The summed E-state index contributed by atoms with van der Waals surface area (Å²) in [6.45, 7) is 11.0. The van der Waals surface area contributed by atoms with Crippen molar-refractivity contribution in [1.82, 2.24) is 19.3 Å². The van der Waals surface area contributed by atoms with E-state index in [-0.39, 0.29) is 21.1 Å². The molecule has 0 saturated carbocycles. The molecule has 0 radical (unpaired) electrons. The number of nitrogens with zero attached hydrogens (tertiary/aromatic N) is 4. The van der Waals surface area contributed by atoms with Crippen LogP contribution in [0.3, 0.4) is 0 Å². The molecule has 0 atom stereocenters. The number of hydrogen-bond donors (Lipinski definition) is 0. The van der Waals surface area contributed by atoms with E-state index in [4.69, 9.17) is 14.8 Å². The smallest absolute Gasteiger partial charge is 0.509 e. The summed E-state index contributed by atoms with van der Waals surface area (Å²) >= 11 is 0. The molecule has 4 aromatic carbocycles. The van der Waals surface area contributed by atoms with Crippen LogP contribution in [-0.4, -0.2) is 19.3 Å². The zero-order valence-electron chi connectivity index (χ0n) is 28.9. The fourth-order valence-electron chi connectivity index (χ4n) is 6.85. The predicted octanol–water partition coefficient (Wildman–Crippen LogP) is 11.0. The van der Waals surface area contributed by atoms with Crippen molar-refractivity contribution in [3.05, 3.63) is 131 Å². The van der Waals surface area contributed by atoms with Crippen molar-refractivity contribution in [3.63, 3.8) is 0 Å². The molecule has 3 aromatic heterocycles. The average molecular weight is 826 g/mol. The largest absolute Gasteiger partial charge is 2.00 e. The van der Waals surface area contributed by atoms with Crippen LogP contribution in [0.5, 0.6) is 11.5 Å². The molecule has 0 aliphatic heterocycles. The van der Waals surface area contributed by atoms with E-state index in [9.17, 15) is 0 Å². The van der Waals surface area contributed by atoms with E-state index in [0.717, 1.165) is 83.1 Å². The third-order valence-corrected chi connectivity index (χ3v) is 9.21. The Morgan fingerprint density at radius 1 is 0.714 bits per heavy atom. The summed E-state index contributed by atoms with van der Waals surface area (Å²) in [5.74, 6) is 2.11. The van der Waals surface area contributed by atoms with Crippen molar-refractivity contribution >= 4 is 21.8 Å². The third-order valence-electron chi connectivity index (χ3n) is 9.21. The van der Waals surface area contributed by atoms with Crippen LogP contribution in [0.1, 0.15) is 67.6 Å².